The summed E-state index contributed by atoms with van der Waals surface area (Å²) in [6, 6.07) is 0.630. The maximum Gasteiger partial charge on any atom is 0.188 e. The van der Waals surface area contributed by atoms with E-state index in [0.717, 1.165) is 18.0 Å². The van der Waals surface area contributed by atoms with Crippen molar-refractivity contribution in [2.45, 2.75) is 57.9 Å². The van der Waals surface area contributed by atoms with Crippen molar-refractivity contribution in [3.05, 3.63) is 12.2 Å². The minimum absolute atomic E-state index is 0. The average molecular weight is 420 g/mol. The van der Waals surface area contributed by atoms with E-state index < -0.39 is 0 Å². The van der Waals surface area contributed by atoms with Crippen molar-refractivity contribution in [1.29, 1.82) is 0 Å². The number of hydrogen-bond acceptors (Lipinski definition) is 2. The van der Waals surface area contributed by atoms with Crippen molar-refractivity contribution in [2.24, 2.45) is 16.6 Å². The van der Waals surface area contributed by atoms with Crippen molar-refractivity contribution < 1.29 is 0 Å². The normalized spacial score (nSPS) is 24.0. The van der Waals surface area contributed by atoms with Gasteiger partial charge in [-0.2, -0.15) is 0 Å². The summed E-state index contributed by atoms with van der Waals surface area (Å²) in [5.74, 6) is 1.48. The highest BCUT2D eigenvalue weighted by molar-refractivity contribution is 14.0. The number of guanidine groups is 1. The van der Waals surface area contributed by atoms with Crippen molar-refractivity contribution in [2.75, 3.05) is 26.2 Å². The molecule has 0 aromatic heterocycles. The molecule has 3 N–H and O–H groups in total. The van der Waals surface area contributed by atoms with E-state index in [-0.39, 0.29) is 24.0 Å². The number of halogens is 1. The standard InChI is InChI=1S/C17H32N4.HI/c1-14(2)11-19-17(18)20-12-16-9-6-10-21(16)13-15-7-4-3-5-8-15;/h15-16H,1,3-13H2,2H3,(H3,18,19,20);1H. The predicted octanol–water partition coefficient (Wildman–Crippen LogP) is 3.13. The van der Waals surface area contributed by atoms with Crippen molar-refractivity contribution >= 4 is 29.9 Å². The van der Waals surface area contributed by atoms with Gasteiger partial charge in [0.25, 0.3) is 0 Å². The lowest BCUT2D eigenvalue weighted by Gasteiger charge is -2.31. The monoisotopic (exact) mass is 420 g/mol. The van der Waals surface area contributed by atoms with Gasteiger partial charge in [-0.3, -0.25) is 4.90 Å². The second-order valence-corrected chi connectivity index (χ2v) is 6.83. The third-order valence-electron chi connectivity index (χ3n) is 4.75. The molecule has 1 heterocycles. The van der Waals surface area contributed by atoms with Gasteiger partial charge in [0.15, 0.2) is 5.96 Å². The molecule has 0 bridgehead atoms. The van der Waals surface area contributed by atoms with Crippen molar-refractivity contribution in [3.8, 4) is 0 Å². The van der Waals surface area contributed by atoms with E-state index >= 15 is 0 Å². The Balaban J connectivity index is 0.00000242. The largest absolute Gasteiger partial charge is 0.370 e. The minimum atomic E-state index is 0. The van der Waals surface area contributed by atoms with Gasteiger partial charge in [0, 0.05) is 19.1 Å². The van der Waals surface area contributed by atoms with Crippen LogP contribution in [-0.4, -0.2) is 43.1 Å². The fourth-order valence-electron chi connectivity index (χ4n) is 3.57. The maximum atomic E-state index is 5.91. The number of hydrogen-bond donors (Lipinski definition) is 2. The summed E-state index contributed by atoms with van der Waals surface area (Å²) in [5, 5.41) is 3.29. The van der Waals surface area contributed by atoms with Crippen molar-refractivity contribution in [1.82, 2.24) is 10.2 Å². The number of aliphatic imine (C=N–C) groups is 1. The first-order chi connectivity index (χ1) is 10.1. The summed E-state index contributed by atoms with van der Waals surface area (Å²) >= 11 is 0. The third kappa shape index (κ3) is 6.86. The Morgan fingerprint density at radius 2 is 1.95 bits per heavy atom. The Morgan fingerprint density at radius 3 is 2.64 bits per heavy atom. The SMILES string of the molecule is C=C(C)CN=C(N)NCC1CCCN1CC1CCCCC1.I. The van der Waals surface area contributed by atoms with Crippen LogP contribution < -0.4 is 11.1 Å². The van der Waals surface area contributed by atoms with Crippen LogP contribution in [0.25, 0.3) is 0 Å². The second kappa shape index (κ2) is 10.5. The van der Waals surface area contributed by atoms with Crippen LogP contribution in [0, 0.1) is 5.92 Å². The van der Waals surface area contributed by atoms with Crippen LogP contribution >= 0.6 is 24.0 Å². The molecular weight excluding hydrogens is 387 g/mol. The Labute approximate surface area is 153 Å². The van der Waals surface area contributed by atoms with Crippen LogP contribution in [0.3, 0.4) is 0 Å². The molecule has 5 heteroatoms. The molecule has 22 heavy (non-hydrogen) atoms. The molecule has 1 saturated carbocycles. The fraction of sp³-hybridized carbons (Fsp3) is 0.824. The van der Waals surface area contributed by atoms with E-state index in [1.807, 2.05) is 6.92 Å². The lowest BCUT2D eigenvalue weighted by Crippen LogP contribution is -2.44. The molecule has 1 aliphatic carbocycles. The summed E-state index contributed by atoms with van der Waals surface area (Å²) in [7, 11) is 0. The summed E-state index contributed by atoms with van der Waals surface area (Å²) in [5.41, 5.74) is 6.95. The summed E-state index contributed by atoms with van der Waals surface area (Å²) < 4.78 is 0. The van der Waals surface area contributed by atoms with E-state index in [9.17, 15) is 0 Å². The number of nitrogens with two attached hydrogens (primary N) is 1. The topological polar surface area (TPSA) is 53.6 Å². The highest BCUT2D eigenvalue weighted by Gasteiger charge is 2.27. The van der Waals surface area contributed by atoms with E-state index in [0.29, 0.717) is 18.5 Å². The number of nitrogens with zero attached hydrogens (tertiary/aromatic N) is 2. The molecule has 1 saturated heterocycles. The van der Waals surface area contributed by atoms with Crippen LogP contribution in [0.1, 0.15) is 51.9 Å². The molecule has 0 aromatic rings. The zero-order valence-corrected chi connectivity index (χ0v) is 16.4. The van der Waals surface area contributed by atoms with Gasteiger partial charge in [-0.05, 0) is 45.1 Å². The highest BCUT2D eigenvalue weighted by Crippen LogP contribution is 2.27. The Morgan fingerprint density at radius 1 is 1.23 bits per heavy atom. The zero-order chi connectivity index (χ0) is 15.1. The van der Waals surface area contributed by atoms with Gasteiger partial charge >= 0.3 is 0 Å². The van der Waals surface area contributed by atoms with Gasteiger partial charge in [0.1, 0.15) is 0 Å². The number of rotatable bonds is 6. The molecule has 2 fully saturated rings. The van der Waals surface area contributed by atoms with Gasteiger partial charge in [-0.25, -0.2) is 4.99 Å². The minimum Gasteiger partial charge on any atom is -0.370 e. The molecule has 128 valence electrons. The molecular formula is C17H33IN4. The quantitative estimate of drug-likeness (QED) is 0.301. The zero-order valence-electron chi connectivity index (χ0n) is 14.0. The molecule has 0 aromatic carbocycles. The van der Waals surface area contributed by atoms with Gasteiger partial charge in [0.2, 0.25) is 0 Å². The first-order valence-corrected chi connectivity index (χ1v) is 8.57. The van der Waals surface area contributed by atoms with Gasteiger partial charge < -0.3 is 11.1 Å². The van der Waals surface area contributed by atoms with E-state index in [1.54, 1.807) is 0 Å². The first kappa shape index (κ1) is 19.7. The summed E-state index contributed by atoms with van der Waals surface area (Å²) in [6.45, 7) is 9.91. The Hall–Kier alpha value is -0.300. The highest BCUT2D eigenvalue weighted by atomic mass is 127. The number of nitrogens with one attached hydrogen (secondary N) is 1. The van der Waals surface area contributed by atoms with Crippen LogP contribution in [0.15, 0.2) is 17.1 Å². The van der Waals surface area contributed by atoms with E-state index in [4.69, 9.17) is 5.73 Å². The van der Waals surface area contributed by atoms with E-state index in [1.165, 1.54) is 58.0 Å². The van der Waals surface area contributed by atoms with Gasteiger partial charge in [-0.15, -0.1) is 24.0 Å². The third-order valence-corrected chi connectivity index (χ3v) is 4.75. The van der Waals surface area contributed by atoms with Crippen molar-refractivity contribution in [3.63, 3.8) is 0 Å². The molecule has 1 aliphatic heterocycles. The van der Waals surface area contributed by atoms with Crippen LogP contribution in [0.5, 0.6) is 0 Å². The van der Waals surface area contributed by atoms with Crippen LogP contribution in [0.2, 0.25) is 0 Å². The molecule has 1 unspecified atom stereocenters. The van der Waals surface area contributed by atoms with Gasteiger partial charge in [-0.1, -0.05) is 31.4 Å². The molecule has 2 rings (SSSR count). The lowest BCUT2D eigenvalue weighted by molar-refractivity contribution is 0.188. The van der Waals surface area contributed by atoms with Gasteiger partial charge in [0.05, 0.1) is 6.54 Å². The summed E-state index contributed by atoms with van der Waals surface area (Å²) in [6.07, 6.45) is 9.77. The molecule has 0 spiro atoms. The Kier molecular flexibility index (Phi) is 9.40. The maximum absolute atomic E-state index is 5.91. The fourth-order valence-corrected chi connectivity index (χ4v) is 3.57. The number of likely N-dealkylation sites (tertiary alicyclic amines) is 1. The molecule has 0 radical (unpaired) electrons. The summed E-state index contributed by atoms with van der Waals surface area (Å²) in [4.78, 5) is 6.97. The Bertz CT molecular complexity index is 364. The van der Waals surface area contributed by atoms with Crippen LogP contribution in [-0.2, 0) is 0 Å². The lowest BCUT2D eigenvalue weighted by atomic mass is 9.89. The predicted molar refractivity (Wildman–Crippen MR) is 106 cm³/mol. The smallest absolute Gasteiger partial charge is 0.188 e. The molecule has 1 atom stereocenters. The first-order valence-electron chi connectivity index (χ1n) is 8.57. The molecule has 0 amide bonds. The average Bonchev–Trinajstić information content (AvgIpc) is 2.91. The van der Waals surface area contributed by atoms with E-state index in [2.05, 4.69) is 21.8 Å². The molecule has 2 aliphatic rings. The molecule has 4 nitrogen and oxygen atoms in total. The van der Waals surface area contributed by atoms with Crippen LogP contribution in [0.4, 0.5) is 0 Å². The second-order valence-electron chi connectivity index (χ2n) is 6.83.